The van der Waals surface area contributed by atoms with Crippen LogP contribution in [0.4, 0.5) is 4.79 Å². The summed E-state index contributed by atoms with van der Waals surface area (Å²) in [5, 5.41) is 2.68. The van der Waals surface area contributed by atoms with Crippen molar-refractivity contribution in [3.8, 4) is 0 Å². The van der Waals surface area contributed by atoms with Crippen molar-refractivity contribution >= 4 is 6.09 Å². The number of nitrogens with one attached hydrogen (secondary N) is 1. The lowest BCUT2D eigenvalue weighted by atomic mass is 10.2. The predicted octanol–water partition coefficient (Wildman–Crippen LogP) is 1.95. The van der Waals surface area contributed by atoms with E-state index in [1.807, 2.05) is 26.8 Å². The molecule has 16 heavy (non-hydrogen) atoms. The summed E-state index contributed by atoms with van der Waals surface area (Å²) < 4.78 is 5.10. The molecule has 1 N–H and O–H groups in total. The van der Waals surface area contributed by atoms with Gasteiger partial charge in [0.05, 0.1) is 0 Å². The highest BCUT2D eigenvalue weighted by molar-refractivity contribution is 5.67. The van der Waals surface area contributed by atoms with Crippen LogP contribution in [0.1, 0.15) is 26.3 Å². The van der Waals surface area contributed by atoms with Crippen molar-refractivity contribution in [2.75, 3.05) is 6.54 Å². The molecule has 1 aromatic rings. The van der Waals surface area contributed by atoms with Crippen molar-refractivity contribution in [3.05, 3.63) is 30.1 Å². The van der Waals surface area contributed by atoms with Crippen molar-refractivity contribution < 1.29 is 9.53 Å². The van der Waals surface area contributed by atoms with Crippen molar-refractivity contribution in [2.45, 2.75) is 32.8 Å². The highest BCUT2D eigenvalue weighted by Gasteiger charge is 2.15. The summed E-state index contributed by atoms with van der Waals surface area (Å²) in [6.07, 6.45) is 3.70. The maximum atomic E-state index is 11.3. The average Bonchev–Trinajstić information content (AvgIpc) is 2.16. The van der Waals surface area contributed by atoms with Crippen molar-refractivity contribution in [1.29, 1.82) is 0 Å². The third-order valence-electron chi connectivity index (χ3n) is 1.74. The molecule has 4 heteroatoms. The van der Waals surface area contributed by atoms with Gasteiger partial charge in [-0.3, -0.25) is 4.98 Å². The van der Waals surface area contributed by atoms with Crippen LogP contribution in [0, 0.1) is 6.07 Å². The number of hydrogen-bond acceptors (Lipinski definition) is 3. The summed E-state index contributed by atoms with van der Waals surface area (Å²) in [6.45, 7) is 6.04. The van der Waals surface area contributed by atoms with E-state index in [9.17, 15) is 4.79 Å². The molecule has 0 aliphatic carbocycles. The molecule has 4 nitrogen and oxygen atoms in total. The van der Waals surface area contributed by atoms with E-state index < -0.39 is 5.60 Å². The SMILES string of the molecule is CC(C)(C)OC(=O)NCCc1c[c]cnc1. The van der Waals surface area contributed by atoms with Crippen LogP contribution >= 0.6 is 0 Å². The molecule has 0 fully saturated rings. The quantitative estimate of drug-likeness (QED) is 0.848. The van der Waals surface area contributed by atoms with Crippen LogP contribution in [0.2, 0.25) is 0 Å². The smallest absolute Gasteiger partial charge is 0.407 e. The van der Waals surface area contributed by atoms with Gasteiger partial charge in [0.2, 0.25) is 0 Å². The normalized spacial score (nSPS) is 10.9. The summed E-state index contributed by atoms with van der Waals surface area (Å²) in [5.74, 6) is 0. The molecule has 1 aromatic heterocycles. The molecule has 0 bridgehead atoms. The Kier molecular flexibility index (Phi) is 4.28. The van der Waals surface area contributed by atoms with E-state index in [4.69, 9.17) is 4.74 Å². The Balaban J connectivity index is 2.24. The number of ether oxygens (including phenoxy) is 1. The molecular formula is C12H17N2O2. The van der Waals surface area contributed by atoms with Crippen molar-refractivity contribution in [1.82, 2.24) is 10.3 Å². The number of nitrogens with zero attached hydrogens (tertiary/aromatic N) is 1. The standard InChI is InChI=1S/C12H17N2O2/c1-12(2,3)16-11(15)14-8-6-10-5-4-7-13-9-10/h5,7,9H,6,8H2,1-3H3,(H,14,15). The van der Waals surface area contributed by atoms with Crippen LogP contribution in [0.3, 0.4) is 0 Å². The highest BCUT2D eigenvalue weighted by Crippen LogP contribution is 2.06. The Morgan fingerprint density at radius 1 is 1.56 bits per heavy atom. The molecule has 1 rings (SSSR count). The van der Waals surface area contributed by atoms with Crippen LogP contribution in [0.15, 0.2) is 18.5 Å². The lowest BCUT2D eigenvalue weighted by Crippen LogP contribution is -2.33. The van der Waals surface area contributed by atoms with Crippen LogP contribution in [-0.2, 0) is 11.2 Å². The molecule has 0 unspecified atom stereocenters. The zero-order chi connectivity index (χ0) is 12.0. The van der Waals surface area contributed by atoms with E-state index in [0.717, 1.165) is 12.0 Å². The molecule has 0 saturated heterocycles. The predicted molar refractivity (Wildman–Crippen MR) is 61.0 cm³/mol. The second kappa shape index (κ2) is 5.49. The summed E-state index contributed by atoms with van der Waals surface area (Å²) in [6, 6.07) is 4.73. The third-order valence-corrected chi connectivity index (χ3v) is 1.74. The van der Waals surface area contributed by atoms with E-state index in [1.165, 1.54) is 0 Å². The van der Waals surface area contributed by atoms with E-state index in [0.29, 0.717) is 6.54 Å². The number of aromatic nitrogens is 1. The Bertz CT molecular complexity index is 331. The molecule has 0 aliphatic heterocycles. The maximum absolute atomic E-state index is 11.3. The molecule has 1 heterocycles. The Labute approximate surface area is 96.0 Å². The largest absolute Gasteiger partial charge is 0.444 e. The molecule has 0 saturated carbocycles. The number of carbonyl (C=O) groups excluding carboxylic acids is 1. The van der Waals surface area contributed by atoms with E-state index in [-0.39, 0.29) is 6.09 Å². The second-order valence-corrected chi connectivity index (χ2v) is 4.47. The highest BCUT2D eigenvalue weighted by atomic mass is 16.6. The van der Waals surface area contributed by atoms with Gasteiger partial charge in [-0.05, 0) is 38.8 Å². The summed E-state index contributed by atoms with van der Waals surface area (Å²) >= 11 is 0. The minimum atomic E-state index is -0.452. The first kappa shape index (κ1) is 12.5. The Morgan fingerprint density at radius 3 is 2.88 bits per heavy atom. The molecule has 0 spiro atoms. The number of rotatable bonds is 3. The van der Waals surface area contributed by atoms with Crippen molar-refractivity contribution in [2.24, 2.45) is 0 Å². The number of amides is 1. The molecule has 87 valence electrons. The number of carbonyl (C=O) groups is 1. The van der Waals surface area contributed by atoms with Gasteiger partial charge in [0, 0.05) is 25.0 Å². The van der Waals surface area contributed by atoms with Crippen LogP contribution < -0.4 is 5.32 Å². The minimum Gasteiger partial charge on any atom is -0.444 e. The first-order valence-electron chi connectivity index (χ1n) is 5.24. The fourth-order valence-electron chi connectivity index (χ4n) is 1.12. The number of alkyl carbamates (subject to hydrolysis) is 1. The summed E-state index contributed by atoms with van der Waals surface area (Å²) in [7, 11) is 0. The molecule has 0 aromatic carbocycles. The first-order chi connectivity index (χ1) is 7.47. The number of hydrogen-bond donors (Lipinski definition) is 1. The fraction of sp³-hybridized carbons (Fsp3) is 0.500. The Morgan fingerprint density at radius 2 is 2.31 bits per heavy atom. The summed E-state index contributed by atoms with van der Waals surface area (Å²) in [5.41, 5.74) is 0.588. The van der Waals surface area contributed by atoms with Crippen LogP contribution in [-0.4, -0.2) is 23.2 Å². The molecule has 1 amide bonds. The van der Waals surface area contributed by atoms with Gasteiger partial charge in [-0.1, -0.05) is 0 Å². The average molecular weight is 221 g/mol. The maximum Gasteiger partial charge on any atom is 0.407 e. The van der Waals surface area contributed by atoms with E-state index >= 15 is 0 Å². The van der Waals surface area contributed by atoms with Gasteiger partial charge < -0.3 is 10.1 Å². The Hall–Kier alpha value is -1.58. The fourth-order valence-corrected chi connectivity index (χ4v) is 1.12. The molecular weight excluding hydrogens is 204 g/mol. The van der Waals surface area contributed by atoms with E-state index in [2.05, 4.69) is 16.4 Å². The summed E-state index contributed by atoms with van der Waals surface area (Å²) in [4.78, 5) is 15.2. The van der Waals surface area contributed by atoms with E-state index in [1.54, 1.807) is 12.4 Å². The minimum absolute atomic E-state index is 0.389. The number of pyridine rings is 1. The van der Waals surface area contributed by atoms with Gasteiger partial charge in [0.15, 0.2) is 0 Å². The third kappa shape index (κ3) is 5.34. The van der Waals surface area contributed by atoms with Gasteiger partial charge in [-0.15, -0.1) is 0 Å². The zero-order valence-corrected chi connectivity index (χ0v) is 9.91. The molecule has 0 atom stereocenters. The lowest BCUT2D eigenvalue weighted by Gasteiger charge is -2.19. The van der Waals surface area contributed by atoms with Gasteiger partial charge in [-0.2, -0.15) is 0 Å². The van der Waals surface area contributed by atoms with Gasteiger partial charge in [0.25, 0.3) is 0 Å². The second-order valence-electron chi connectivity index (χ2n) is 4.47. The monoisotopic (exact) mass is 221 g/mol. The van der Waals surface area contributed by atoms with Crippen LogP contribution in [0.5, 0.6) is 0 Å². The van der Waals surface area contributed by atoms with Crippen molar-refractivity contribution in [3.63, 3.8) is 0 Å². The molecule has 1 radical (unpaired) electrons. The lowest BCUT2D eigenvalue weighted by molar-refractivity contribution is 0.0528. The van der Waals surface area contributed by atoms with Gasteiger partial charge >= 0.3 is 6.09 Å². The topological polar surface area (TPSA) is 51.2 Å². The van der Waals surface area contributed by atoms with Crippen LogP contribution in [0.25, 0.3) is 0 Å². The van der Waals surface area contributed by atoms with Gasteiger partial charge in [0.1, 0.15) is 5.60 Å². The molecule has 0 aliphatic rings. The van der Waals surface area contributed by atoms with Gasteiger partial charge in [-0.25, -0.2) is 4.79 Å². The zero-order valence-electron chi connectivity index (χ0n) is 9.91. The first-order valence-corrected chi connectivity index (χ1v) is 5.24.